The summed E-state index contributed by atoms with van der Waals surface area (Å²) < 4.78 is 0. The van der Waals surface area contributed by atoms with Crippen molar-refractivity contribution in [3.05, 3.63) is 70.9 Å². The molecule has 1 aliphatic heterocycles. The molecule has 1 fully saturated rings. The molecule has 1 saturated heterocycles. The predicted molar refractivity (Wildman–Crippen MR) is 137 cm³/mol. The number of carbonyl (C=O) groups excluding carboxylic acids is 2. The van der Waals surface area contributed by atoms with Crippen molar-refractivity contribution in [1.82, 2.24) is 9.80 Å². The number of piperidine rings is 1. The lowest BCUT2D eigenvalue weighted by molar-refractivity contribution is -0.121. The number of phenolic OH excluding ortho intramolecular Hbond substituents is 1. The Hall–Kier alpha value is -3.28. The number of aromatic hydroxyl groups is 1. The minimum absolute atomic E-state index is 0.0659. The van der Waals surface area contributed by atoms with E-state index in [1.807, 2.05) is 37.9 Å². The fraction of sp³-hybridized carbons (Fsp3) is 0.429. The summed E-state index contributed by atoms with van der Waals surface area (Å²) in [7, 11) is 1.92. The number of allylic oxidation sites excluding steroid dienone is 1. The first-order valence-electron chi connectivity index (χ1n) is 12.1. The number of hydrogen-bond acceptors (Lipinski definition) is 5. The molecule has 0 spiro atoms. The number of amides is 1. The number of nitrogens with zero attached hydrogens (tertiary/aromatic N) is 2. The molecule has 2 aromatic rings. The highest BCUT2D eigenvalue weighted by atomic mass is 16.3. The lowest BCUT2D eigenvalue weighted by Gasteiger charge is -2.38. The second kappa shape index (κ2) is 11.7. The third kappa shape index (κ3) is 6.19. The van der Waals surface area contributed by atoms with Crippen molar-refractivity contribution in [2.75, 3.05) is 32.0 Å². The van der Waals surface area contributed by atoms with Gasteiger partial charge in [-0.25, -0.2) is 0 Å². The molecular weight excluding hydrogens is 426 g/mol. The molecular formula is C28H37N3O3. The SMILES string of the molecule is C=C(CCC(=O)c1cc(C)c(O)c(C)c1)N1CCC(N(C=O)CCc2ccccc2NC)CC1. The Morgan fingerprint density at radius 3 is 2.44 bits per heavy atom. The van der Waals surface area contributed by atoms with Crippen LogP contribution in [-0.4, -0.2) is 59.8 Å². The lowest BCUT2D eigenvalue weighted by atomic mass is 9.98. The van der Waals surface area contributed by atoms with Crippen LogP contribution >= 0.6 is 0 Å². The maximum Gasteiger partial charge on any atom is 0.209 e. The fourth-order valence-electron chi connectivity index (χ4n) is 4.74. The van der Waals surface area contributed by atoms with E-state index in [-0.39, 0.29) is 17.6 Å². The van der Waals surface area contributed by atoms with E-state index >= 15 is 0 Å². The number of anilines is 1. The highest BCUT2D eigenvalue weighted by Crippen LogP contribution is 2.25. The molecule has 1 aliphatic rings. The maximum atomic E-state index is 12.7. The smallest absolute Gasteiger partial charge is 0.209 e. The largest absolute Gasteiger partial charge is 0.507 e. The van der Waals surface area contributed by atoms with Crippen LogP contribution in [0.5, 0.6) is 5.75 Å². The van der Waals surface area contributed by atoms with Gasteiger partial charge in [0.1, 0.15) is 5.75 Å². The minimum atomic E-state index is 0.0659. The normalized spacial score (nSPS) is 14.0. The van der Waals surface area contributed by atoms with Gasteiger partial charge in [0.25, 0.3) is 0 Å². The zero-order chi connectivity index (χ0) is 24.7. The Morgan fingerprint density at radius 1 is 1.18 bits per heavy atom. The van der Waals surface area contributed by atoms with Crippen LogP contribution in [-0.2, 0) is 11.2 Å². The van der Waals surface area contributed by atoms with Crippen LogP contribution in [0.25, 0.3) is 0 Å². The van der Waals surface area contributed by atoms with Crippen molar-refractivity contribution < 1.29 is 14.7 Å². The summed E-state index contributed by atoms with van der Waals surface area (Å²) in [5.74, 6) is 0.315. The molecule has 0 saturated carbocycles. The van der Waals surface area contributed by atoms with Gasteiger partial charge in [-0.3, -0.25) is 9.59 Å². The van der Waals surface area contributed by atoms with Crippen LogP contribution in [0.1, 0.15) is 52.7 Å². The summed E-state index contributed by atoms with van der Waals surface area (Å²) in [6, 6.07) is 11.9. The van der Waals surface area contributed by atoms with E-state index in [0.717, 1.165) is 61.3 Å². The molecule has 182 valence electrons. The van der Waals surface area contributed by atoms with E-state index in [0.29, 0.717) is 24.9 Å². The third-order valence-corrected chi connectivity index (χ3v) is 6.90. The number of ketones is 1. The van der Waals surface area contributed by atoms with E-state index in [1.165, 1.54) is 5.56 Å². The number of phenols is 1. The van der Waals surface area contributed by atoms with E-state index in [4.69, 9.17) is 0 Å². The molecule has 0 aliphatic carbocycles. The molecule has 1 heterocycles. The summed E-state index contributed by atoms with van der Waals surface area (Å²) in [4.78, 5) is 28.7. The first-order chi connectivity index (χ1) is 16.3. The quantitative estimate of drug-likeness (QED) is 0.374. The molecule has 2 N–H and O–H groups in total. The third-order valence-electron chi connectivity index (χ3n) is 6.90. The minimum Gasteiger partial charge on any atom is -0.507 e. The Bertz CT molecular complexity index is 1000. The highest BCUT2D eigenvalue weighted by molar-refractivity contribution is 5.96. The van der Waals surface area contributed by atoms with Crippen LogP contribution in [0.4, 0.5) is 5.69 Å². The van der Waals surface area contributed by atoms with Gasteiger partial charge in [0, 0.05) is 56.1 Å². The molecule has 3 rings (SSSR count). The van der Waals surface area contributed by atoms with Gasteiger partial charge in [0.05, 0.1) is 0 Å². The number of Topliss-reactive ketones (excluding diaryl/α,β-unsaturated/α-hetero) is 1. The lowest BCUT2D eigenvalue weighted by Crippen LogP contribution is -2.44. The molecule has 2 aromatic carbocycles. The number of para-hydroxylation sites is 1. The molecule has 34 heavy (non-hydrogen) atoms. The number of rotatable bonds is 11. The molecule has 1 amide bonds. The van der Waals surface area contributed by atoms with Crippen molar-refractivity contribution in [1.29, 1.82) is 0 Å². The van der Waals surface area contributed by atoms with Crippen molar-refractivity contribution in [3.8, 4) is 5.75 Å². The van der Waals surface area contributed by atoms with Gasteiger partial charge in [0.15, 0.2) is 5.78 Å². The zero-order valence-corrected chi connectivity index (χ0v) is 20.6. The monoisotopic (exact) mass is 463 g/mol. The van der Waals surface area contributed by atoms with E-state index in [1.54, 1.807) is 12.1 Å². The van der Waals surface area contributed by atoms with Crippen molar-refractivity contribution >= 4 is 17.9 Å². The van der Waals surface area contributed by atoms with Crippen LogP contribution < -0.4 is 5.32 Å². The molecule has 0 aromatic heterocycles. The summed E-state index contributed by atoms with van der Waals surface area (Å²) in [6.45, 7) is 10.2. The molecule has 0 unspecified atom stereocenters. The average molecular weight is 464 g/mol. The number of benzene rings is 2. The maximum absolute atomic E-state index is 12.7. The summed E-state index contributed by atoms with van der Waals surface area (Å²) in [5.41, 5.74) is 5.37. The number of likely N-dealkylation sites (tertiary alicyclic amines) is 1. The molecule has 6 heteroatoms. The van der Waals surface area contributed by atoms with Crippen molar-refractivity contribution in [2.24, 2.45) is 0 Å². The van der Waals surface area contributed by atoms with Crippen LogP contribution in [0, 0.1) is 13.8 Å². The van der Waals surface area contributed by atoms with Gasteiger partial charge < -0.3 is 20.2 Å². The fourth-order valence-corrected chi connectivity index (χ4v) is 4.74. The van der Waals surface area contributed by atoms with E-state index < -0.39 is 0 Å². The summed E-state index contributed by atoms with van der Waals surface area (Å²) >= 11 is 0. The Labute approximate surface area is 203 Å². The average Bonchev–Trinajstić information content (AvgIpc) is 2.86. The molecule has 0 radical (unpaired) electrons. The first-order valence-corrected chi connectivity index (χ1v) is 12.1. The van der Waals surface area contributed by atoms with Crippen LogP contribution in [0.2, 0.25) is 0 Å². The summed E-state index contributed by atoms with van der Waals surface area (Å²) in [6.07, 6.45) is 4.61. The molecule has 0 bridgehead atoms. The van der Waals surface area contributed by atoms with E-state index in [2.05, 4.69) is 28.9 Å². The van der Waals surface area contributed by atoms with Gasteiger partial charge in [-0.05, 0) is 74.4 Å². The predicted octanol–water partition coefficient (Wildman–Crippen LogP) is 4.69. The van der Waals surface area contributed by atoms with Crippen LogP contribution in [0.15, 0.2) is 48.7 Å². The van der Waals surface area contributed by atoms with Crippen LogP contribution in [0.3, 0.4) is 0 Å². The number of carbonyl (C=O) groups is 2. The Balaban J connectivity index is 1.47. The second-order valence-electron chi connectivity index (χ2n) is 9.17. The summed E-state index contributed by atoms with van der Waals surface area (Å²) in [5, 5.41) is 13.1. The number of nitrogens with one attached hydrogen (secondary N) is 1. The van der Waals surface area contributed by atoms with Gasteiger partial charge in [-0.15, -0.1) is 0 Å². The second-order valence-corrected chi connectivity index (χ2v) is 9.17. The first kappa shape index (κ1) is 25.3. The topological polar surface area (TPSA) is 72.9 Å². The van der Waals surface area contributed by atoms with Crippen molar-refractivity contribution in [2.45, 2.75) is 52.0 Å². The molecule has 6 nitrogen and oxygen atoms in total. The number of aryl methyl sites for hydroxylation is 2. The highest BCUT2D eigenvalue weighted by Gasteiger charge is 2.24. The van der Waals surface area contributed by atoms with Gasteiger partial charge >= 0.3 is 0 Å². The Kier molecular flexibility index (Phi) is 8.74. The van der Waals surface area contributed by atoms with Gasteiger partial charge in [-0.1, -0.05) is 24.8 Å². The van der Waals surface area contributed by atoms with Crippen molar-refractivity contribution in [3.63, 3.8) is 0 Å². The van der Waals surface area contributed by atoms with Gasteiger partial charge in [-0.2, -0.15) is 0 Å². The zero-order valence-electron chi connectivity index (χ0n) is 20.6. The number of hydrogen-bond donors (Lipinski definition) is 2. The van der Waals surface area contributed by atoms with Gasteiger partial charge in [0.2, 0.25) is 6.41 Å². The Morgan fingerprint density at radius 2 is 1.82 bits per heavy atom. The standard InChI is InChI=1S/C28H37N3O3/c1-20-17-24(18-21(2)28(20)34)27(33)10-9-22(3)30-15-12-25(13-16-30)31(19-32)14-11-23-7-5-6-8-26(23)29-4/h5-8,17-19,25,29,34H,3,9-16H2,1-2,4H3. The molecule has 0 atom stereocenters. The van der Waals surface area contributed by atoms with E-state index in [9.17, 15) is 14.7 Å².